The van der Waals surface area contributed by atoms with Crippen molar-refractivity contribution in [2.75, 3.05) is 19.7 Å². The summed E-state index contributed by atoms with van der Waals surface area (Å²) in [5.41, 5.74) is 1.63. The second-order valence-electron chi connectivity index (χ2n) is 5.95. The maximum Gasteiger partial charge on any atom is 0.124 e. The molecule has 3 rings (SSSR count). The molecule has 2 nitrogen and oxygen atoms in total. The van der Waals surface area contributed by atoms with Gasteiger partial charge in [0.2, 0.25) is 0 Å². The number of aliphatic hydroxyl groups is 1. The number of halogens is 1. The third kappa shape index (κ3) is 3.03. The molecule has 1 aliphatic carbocycles. The van der Waals surface area contributed by atoms with Gasteiger partial charge in [0.25, 0.3) is 0 Å². The van der Waals surface area contributed by atoms with Gasteiger partial charge in [0.05, 0.1) is 0 Å². The van der Waals surface area contributed by atoms with Crippen molar-refractivity contribution in [3.8, 4) is 11.8 Å². The molecule has 1 saturated carbocycles. The maximum atomic E-state index is 13.6. The van der Waals surface area contributed by atoms with Crippen LogP contribution in [0, 0.1) is 29.5 Å². The van der Waals surface area contributed by atoms with Crippen LogP contribution in [0.2, 0.25) is 0 Å². The van der Waals surface area contributed by atoms with Crippen LogP contribution in [-0.2, 0) is 6.54 Å². The third-order valence-corrected chi connectivity index (χ3v) is 4.48. The van der Waals surface area contributed by atoms with Crippen LogP contribution in [0.4, 0.5) is 4.39 Å². The fraction of sp³-hybridized carbons (Fsp3) is 0.529. The summed E-state index contributed by atoms with van der Waals surface area (Å²) in [5, 5.41) is 8.71. The fourth-order valence-corrected chi connectivity index (χ4v) is 3.67. The molecule has 0 spiro atoms. The Morgan fingerprint density at radius 2 is 1.95 bits per heavy atom. The Bertz CT molecular complexity index is 534. The second-order valence-corrected chi connectivity index (χ2v) is 5.95. The molecule has 0 aromatic heterocycles. The molecule has 0 bridgehead atoms. The molecule has 20 heavy (non-hydrogen) atoms. The van der Waals surface area contributed by atoms with Gasteiger partial charge in [-0.05, 0) is 48.4 Å². The monoisotopic (exact) mass is 273 g/mol. The molecule has 1 aliphatic heterocycles. The van der Waals surface area contributed by atoms with Crippen molar-refractivity contribution < 1.29 is 9.50 Å². The Hall–Kier alpha value is -1.37. The summed E-state index contributed by atoms with van der Waals surface area (Å²) in [5.74, 6) is 6.82. The highest BCUT2D eigenvalue weighted by Gasteiger charge is 2.35. The number of aliphatic hydroxyl groups excluding tert-OH is 1. The van der Waals surface area contributed by atoms with E-state index in [-0.39, 0.29) is 12.4 Å². The zero-order chi connectivity index (χ0) is 13.9. The summed E-state index contributed by atoms with van der Waals surface area (Å²) in [4.78, 5) is 2.44. The van der Waals surface area contributed by atoms with Crippen LogP contribution in [0.15, 0.2) is 18.2 Å². The van der Waals surface area contributed by atoms with Gasteiger partial charge >= 0.3 is 0 Å². The van der Waals surface area contributed by atoms with E-state index >= 15 is 0 Å². The van der Waals surface area contributed by atoms with Crippen LogP contribution in [-0.4, -0.2) is 29.7 Å². The van der Waals surface area contributed by atoms with Crippen molar-refractivity contribution in [2.24, 2.45) is 11.8 Å². The van der Waals surface area contributed by atoms with Crippen molar-refractivity contribution >= 4 is 0 Å². The van der Waals surface area contributed by atoms with Crippen LogP contribution in [0.25, 0.3) is 0 Å². The number of rotatable bonds is 2. The SMILES string of the molecule is OCC#Cc1cc(F)cc(CN2CC3CCCC3C2)c1. The number of fused-ring (bicyclic) bond motifs is 1. The van der Waals surface area contributed by atoms with Gasteiger partial charge in [-0.25, -0.2) is 4.39 Å². The lowest BCUT2D eigenvalue weighted by molar-refractivity contribution is 0.303. The van der Waals surface area contributed by atoms with E-state index in [1.54, 1.807) is 6.07 Å². The number of benzene rings is 1. The smallest absolute Gasteiger partial charge is 0.124 e. The van der Waals surface area contributed by atoms with Gasteiger partial charge in [0, 0.05) is 25.2 Å². The van der Waals surface area contributed by atoms with Gasteiger partial charge in [0.1, 0.15) is 12.4 Å². The van der Waals surface area contributed by atoms with Gasteiger partial charge in [-0.1, -0.05) is 18.3 Å². The number of nitrogens with zero attached hydrogens (tertiary/aromatic N) is 1. The van der Waals surface area contributed by atoms with Gasteiger partial charge in [-0.15, -0.1) is 0 Å². The molecule has 1 N–H and O–H groups in total. The first-order chi connectivity index (χ1) is 9.74. The van der Waals surface area contributed by atoms with Crippen molar-refractivity contribution in [3.63, 3.8) is 0 Å². The molecule has 2 unspecified atom stereocenters. The molecule has 106 valence electrons. The number of hydrogen-bond donors (Lipinski definition) is 1. The van der Waals surface area contributed by atoms with Crippen LogP contribution >= 0.6 is 0 Å². The highest BCUT2D eigenvalue weighted by atomic mass is 19.1. The van der Waals surface area contributed by atoms with E-state index in [1.165, 1.54) is 25.3 Å². The van der Waals surface area contributed by atoms with Gasteiger partial charge in [-0.2, -0.15) is 0 Å². The predicted molar refractivity (Wildman–Crippen MR) is 76.5 cm³/mol. The molecular weight excluding hydrogens is 253 g/mol. The molecule has 1 heterocycles. The van der Waals surface area contributed by atoms with Crippen LogP contribution in [0.5, 0.6) is 0 Å². The molecule has 0 amide bonds. The second kappa shape index (κ2) is 5.95. The zero-order valence-electron chi connectivity index (χ0n) is 11.6. The number of likely N-dealkylation sites (tertiary alicyclic amines) is 1. The summed E-state index contributed by atoms with van der Waals surface area (Å²) >= 11 is 0. The first kappa shape index (κ1) is 13.6. The van der Waals surface area contributed by atoms with Gasteiger partial charge < -0.3 is 5.11 Å². The van der Waals surface area contributed by atoms with E-state index in [0.717, 1.165) is 37.0 Å². The molecule has 2 fully saturated rings. The first-order valence-electron chi connectivity index (χ1n) is 7.36. The van der Waals surface area contributed by atoms with Gasteiger partial charge in [0.15, 0.2) is 0 Å². The van der Waals surface area contributed by atoms with E-state index in [0.29, 0.717) is 5.56 Å². The van der Waals surface area contributed by atoms with Crippen LogP contribution < -0.4 is 0 Å². The number of hydrogen-bond acceptors (Lipinski definition) is 2. The maximum absolute atomic E-state index is 13.6. The average Bonchev–Trinajstić information content (AvgIpc) is 2.96. The molecule has 2 atom stereocenters. The van der Waals surface area contributed by atoms with E-state index in [9.17, 15) is 4.39 Å². The zero-order valence-corrected chi connectivity index (χ0v) is 11.6. The van der Waals surface area contributed by atoms with Crippen molar-refractivity contribution in [1.82, 2.24) is 4.90 Å². The standard InChI is InChI=1S/C17H20FNO/c18-17-8-13(3-2-6-20)7-14(9-17)10-19-11-15-4-1-5-16(15)12-19/h7-9,15-16,20H,1,4-6,10-12H2. The molecule has 1 aromatic carbocycles. The van der Waals surface area contributed by atoms with E-state index in [1.807, 2.05) is 6.07 Å². The van der Waals surface area contributed by atoms with Crippen LogP contribution in [0.1, 0.15) is 30.4 Å². The molecule has 2 aliphatic rings. The van der Waals surface area contributed by atoms with Crippen LogP contribution in [0.3, 0.4) is 0 Å². The van der Waals surface area contributed by atoms with Gasteiger partial charge in [-0.3, -0.25) is 4.90 Å². The van der Waals surface area contributed by atoms with Crippen molar-refractivity contribution in [3.05, 3.63) is 35.1 Å². The van der Waals surface area contributed by atoms with E-state index in [2.05, 4.69) is 16.7 Å². The summed E-state index contributed by atoms with van der Waals surface area (Å²) < 4.78 is 13.6. The summed E-state index contributed by atoms with van der Waals surface area (Å²) in [6.45, 7) is 2.91. The van der Waals surface area contributed by atoms with Crippen molar-refractivity contribution in [1.29, 1.82) is 0 Å². The highest BCUT2D eigenvalue weighted by Crippen LogP contribution is 2.38. The Labute approximate surface area is 119 Å². The summed E-state index contributed by atoms with van der Waals surface area (Å²) in [6.07, 6.45) is 4.10. The fourth-order valence-electron chi connectivity index (χ4n) is 3.67. The Kier molecular flexibility index (Phi) is 4.05. The highest BCUT2D eigenvalue weighted by molar-refractivity contribution is 5.37. The molecule has 0 radical (unpaired) electrons. The molecule has 1 aromatic rings. The predicted octanol–water partition coefficient (Wildman–Crippen LogP) is 2.40. The third-order valence-electron chi connectivity index (χ3n) is 4.48. The minimum atomic E-state index is -0.246. The molecule has 3 heteroatoms. The normalized spacial score (nSPS) is 25.3. The Morgan fingerprint density at radius 3 is 2.65 bits per heavy atom. The van der Waals surface area contributed by atoms with Crippen molar-refractivity contribution in [2.45, 2.75) is 25.8 Å². The summed E-state index contributed by atoms with van der Waals surface area (Å²) in [7, 11) is 0. The summed E-state index contributed by atoms with van der Waals surface area (Å²) in [6, 6.07) is 4.95. The lowest BCUT2D eigenvalue weighted by Gasteiger charge is -2.17. The minimum absolute atomic E-state index is 0.193. The minimum Gasteiger partial charge on any atom is -0.384 e. The lowest BCUT2D eigenvalue weighted by Crippen LogP contribution is -2.21. The topological polar surface area (TPSA) is 23.5 Å². The Morgan fingerprint density at radius 1 is 1.20 bits per heavy atom. The molecular formula is C17H20FNO. The molecule has 1 saturated heterocycles. The largest absolute Gasteiger partial charge is 0.384 e. The lowest BCUT2D eigenvalue weighted by atomic mass is 10.0. The average molecular weight is 273 g/mol. The van der Waals surface area contributed by atoms with E-state index < -0.39 is 0 Å². The Balaban J connectivity index is 1.69. The van der Waals surface area contributed by atoms with E-state index in [4.69, 9.17) is 5.11 Å². The quantitative estimate of drug-likeness (QED) is 0.836. The first-order valence-corrected chi connectivity index (χ1v) is 7.36.